The molecule has 1 aliphatic carbocycles. The number of hydrogen-bond acceptors (Lipinski definition) is 2. The lowest BCUT2D eigenvalue weighted by atomic mass is 9.94. The molecular formula is C13H13NO2. The summed E-state index contributed by atoms with van der Waals surface area (Å²) in [5.41, 5.74) is 1.09. The molecule has 1 aromatic carbocycles. The number of carbonyl (C=O) groups excluding carboxylic acids is 2. The standard InChI is InChI=1S/C13H13NO2/c15-12-11(10-6-7-10)14(13(12)16)8-9-4-2-1-3-5-9/h1-5,10-11H,6-8H2. The van der Waals surface area contributed by atoms with Crippen LogP contribution in [0.2, 0.25) is 0 Å². The fourth-order valence-corrected chi connectivity index (χ4v) is 2.30. The highest BCUT2D eigenvalue weighted by molar-refractivity contribution is 6.44. The van der Waals surface area contributed by atoms with Crippen molar-refractivity contribution in [3.8, 4) is 0 Å². The Kier molecular flexibility index (Phi) is 2.06. The molecule has 1 heterocycles. The molecule has 0 N–H and O–H groups in total. The summed E-state index contributed by atoms with van der Waals surface area (Å²) in [6.07, 6.45) is 2.18. The van der Waals surface area contributed by atoms with Crippen molar-refractivity contribution in [2.75, 3.05) is 0 Å². The van der Waals surface area contributed by atoms with Gasteiger partial charge in [-0.15, -0.1) is 0 Å². The second kappa shape index (κ2) is 3.44. The number of nitrogens with zero attached hydrogens (tertiary/aromatic N) is 1. The molecule has 0 aromatic heterocycles. The lowest BCUT2D eigenvalue weighted by Gasteiger charge is -2.38. The van der Waals surface area contributed by atoms with Gasteiger partial charge in [0.05, 0.1) is 0 Å². The summed E-state index contributed by atoms with van der Waals surface area (Å²) < 4.78 is 0. The van der Waals surface area contributed by atoms with Crippen LogP contribution in [0.25, 0.3) is 0 Å². The summed E-state index contributed by atoms with van der Waals surface area (Å²) >= 11 is 0. The van der Waals surface area contributed by atoms with E-state index >= 15 is 0 Å². The molecular weight excluding hydrogens is 202 g/mol. The quantitative estimate of drug-likeness (QED) is 0.564. The van der Waals surface area contributed by atoms with Crippen LogP contribution in [0.4, 0.5) is 0 Å². The zero-order valence-electron chi connectivity index (χ0n) is 8.93. The van der Waals surface area contributed by atoms with Gasteiger partial charge in [0, 0.05) is 6.54 Å². The maximum atomic E-state index is 11.5. The van der Waals surface area contributed by atoms with Crippen LogP contribution < -0.4 is 0 Å². The van der Waals surface area contributed by atoms with E-state index in [0.717, 1.165) is 18.4 Å². The third kappa shape index (κ3) is 1.43. The molecule has 82 valence electrons. The van der Waals surface area contributed by atoms with Crippen LogP contribution in [0.3, 0.4) is 0 Å². The van der Waals surface area contributed by atoms with Gasteiger partial charge in [0.1, 0.15) is 6.04 Å². The first-order valence-corrected chi connectivity index (χ1v) is 5.66. The number of amides is 1. The van der Waals surface area contributed by atoms with Gasteiger partial charge in [0.25, 0.3) is 5.91 Å². The highest BCUT2D eigenvalue weighted by Crippen LogP contribution is 2.40. The minimum atomic E-state index is -0.305. The summed E-state index contributed by atoms with van der Waals surface area (Å²) in [7, 11) is 0. The van der Waals surface area contributed by atoms with E-state index in [1.165, 1.54) is 0 Å². The lowest BCUT2D eigenvalue weighted by Crippen LogP contribution is -2.62. The minimum Gasteiger partial charge on any atom is -0.321 e. The number of likely N-dealkylation sites (tertiary alicyclic amines) is 1. The SMILES string of the molecule is O=C1C(=O)N(Cc2ccccc2)C1C1CC1. The fourth-order valence-electron chi connectivity index (χ4n) is 2.30. The van der Waals surface area contributed by atoms with Gasteiger partial charge < -0.3 is 4.90 Å². The summed E-state index contributed by atoms with van der Waals surface area (Å²) in [6.45, 7) is 0.576. The molecule has 3 rings (SSSR count). The molecule has 1 saturated carbocycles. The zero-order valence-corrected chi connectivity index (χ0v) is 8.93. The van der Waals surface area contributed by atoms with Crippen LogP contribution in [-0.4, -0.2) is 22.6 Å². The van der Waals surface area contributed by atoms with E-state index in [4.69, 9.17) is 0 Å². The molecule has 1 unspecified atom stereocenters. The fraction of sp³-hybridized carbons (Fsp3) is 0.385. The number of rotatable bonds is 3. The van der Waals surface area contributed by atoms with Crippen LogP contribution in [0.5, 0.6) is 0 Å². The van der Waals surface area contributed by atoms with E-state index in [9.17, 15) is 9.59 Å². The lowest BCUT2D eigenvalue weighted by molar-refractivity contribution is -0.162. The summed E-state index contributed by atoms with van der Waals surface area (Å²) in [5, 5.41) is 0. The van der Waals surface area contributed by atoms with Gasteiger partial charge in [-0.2, -0.15) is 0 Å². The molecule has 2 fully saturated rings. The Morgan fingerprint density at radius 3 is 2.44 bits per heavy atom. The smallest absolute Gasteiger partial charge is 0.293 e. The normalized spacial score (nSPS) is 24.5. The number of hydrogen-bond donors (Lipinski definition) is 0. The van der Waals surface area contributed by atoms with Crippen molar-refractivity contribution in [2.24, 2.45) is 5.92 Å². The van der Waals surface area contributed by atoms with E-state index in [2.05, 4.69) is 0 Å². The van der Waals surface area contributed by atoms with Crippen molar-refractivity contribution >= 4 is 11.7 Å². The van der Waals surface area contributed by atoms with Crippen LogP contribution >= 0.6 is 0 Å². The zero-order chi connectivity index (χ0) is 11.1. The van der Waals surface area contributed by atoms with Gasteiger partial charge in [-0.05, 0) is 24.3 Å². The molecule has 16 heavy (non-hydrogen) atoms. The van der Waals surface area contributed by atoms with E-state index in [0.29, 0.717) is 12.5 Å². The number of benzene rings is 1. The first-order chi connectivity index (χ1) is 7.77. The summed E-state index contributed by atoms with van der Waals surface area (Å²) in [6, 6.07) is 9.71. The second-order valence-corrected chi connectivity index (χ2v) is 4.57. The highest BCUT2D eigenvalue weighted by atomic mass is 16.2. The maximum Gasteiger partial charge on any atom is 0.293 e. The van der Waals surface area contributed by atoms with Gasteiger partial charge in [0.15, 0.2) is 0 Å². The molecule has 1 amide bonds. The molecule has 0 spiro atoms. The Labute approximate surface area is 94.1 Å². The van der Waals surface area contributed by atoms with Crippen molar-refractivity contribution in [2.45, 2.75) is 25.4 Å². The van der Waals surface area contributed by atoms with Crippen molar-refractivity contribution in [3.63, 3.8) is 0 Å². The average Bonchev–Trinajstić information content (AvgIpc) is 3.13. The number of ketones is 1. The summed E-state index contributed by atoms with van der Waals surface area (Å²) in [5.74, 6) is -0.0481. The van der Waals surface area contributed by atoms with E-state index < -0.39 is 0 Å². The van der Waals surface area contributed by atoms with E-state index in [1.807, 2.05) is 30.3 Å². The number of β-lactam (4-membered cyclic amide) rings is 1. The average molecular weight is 215 g/mol. The van der Waals surface area contributed by atoms with Gasteiger partial charge >= 0.3 is 0 Å². The molecule has 3 nitrogen and oxygen atoms in total. The minimum absolute atomic E-state index is 0.118. The van der Waals surface area contributed by atoms with Crippen molar-refractivity contribution < 1.29 is 9.59 Å². The van der Waals surface area contributed by atoms with Gasteiger partial charge in [-0.3, -0.25) is 9.59 Å². The van der Waals surface area contributed by atoms with Gasteiger partial charge in [-0.25, -0.2) is 0 Å². The van der Waals surface area contributed by atoms with Crippen LogP contribution in [0.15, 0.2) is 30.3 Å². The summed E-state index contributed by atoms with van der Waals surface area (Å²) in [4.78, 5) is 24.7. The topological polar surface area (TPSA) is 37.4 Å². The number of carbonyl (C=O) groups is 2. The Morgan fingerprint density at radius 1 is 1.12 bits per heavy atom. The van der Waals surface area contributed by atoms with E-state index in [-0.39, 0.29) is 17.7 Å². The van der Waals surface area contributed by atoms with Crippen molar-refractivity contribution in [1.29, 1.82) is 0 Å². The van der Waals surface area contributed by atoms with E-state index in [1.54, 1.807) is 4.90 Å². The third-order valence-corrected chi connectivity index (χ3v) is 3.34. The molecule has 1 atom stereocenters. The monoisotopic (exact) mass is 215 g/mol. The van der Waals surface area contributed by atoms with Gasteiger partial charge in [0.2, 0.25) is 5.78 Å². The Morgan fingerprint density at radius 2 is 1.81 bits per heavy atom. The van der Waals surface area contributed by atoms with Gasteiger partial charge in [-0.1, -0.05) is 30.3 Å². The largest absolute Gasteiger partial charge is 0.321 e. The van der Waals surface area contributed by atoms with Crippen molar-refractivity contribution in [1.82, 2.24) is 4.90 Å². The first-order valence-electron chi connectivity index (χ1n) is 5.66. The maximum absolute atomic E-state index is 11.5. The van der Waals surface area contributed by atoms with Crippen LogP contribution in [0, 0.1) is 5.92 Å². The first kappa shape index (κ1) is 9.58. The molecule has 1 aliphatic heterocycles. The molecule has 3 heteroatoms. The van der Waals surface area contributed by atoms with Crippen LogP contribution in [-0.2, 0) is 16.1 Å². The predicted octanol–water partition coefficient (Wildman–Crippen LogP) is 1.38. The Hall–Kier alpha value is -1.64. The Bertz CT molecular complexity index is 437. The molecule has 1 saturated heterocycles. The molecule has 1 aromatic rings. The highest BCUT2D eigenvalue weighted by Gasteiger charge is 2.53. The molecule has 0 radical (unpaired) electrons. The Balaban J connectivity index is 1.75. The number of Topliss-reactive ketones (excluding diaryl/α,β-unsaturated/α-hetero) is 1. The van der Waals surface area contributed by atoms with Crippen molar-refractivity contribution in [3.05, 3.63) is 35.9 Å². The second-order valence-electron chi connectivity index (χ2n) is 4.57. The third-order valence-electron chi connectivity index (χ3n) is 3.34. The molecule has 2 aliphatic rings. The van der Waals surface area contributed by atoms with Crippen LogP contribution in [0.1, 0.15) is 18.4 Å². The predicted molar refractivity (Wildman–Crippen MR) is 58.5 cm³/mol. The molecule has 0 bridgehead atoms.